The normalized spacial score (nSPS) is 10.6. The second-order valence-electron chi connectivity index (χ2n) is 4.44. The molecule has 0 radical (unpaired) electrons. The zero-order valence-corrected chi connectivity index (χ0v) is 11.8. The molecule has 0 bridgehead atoms. The van der Waals surface area contributed by atoms with Crippen LogP contribution in [0.25, 0.3) is 0 Å². The van der Waals surface area contributed by atoms with Crippen LogP contribution in [-0.4, -0.2) is 10.2 Å². The predicted molar refractivity (Wildman–Crippen MR) is 78.9 cm³/mol. The summed E-state index contributed by atoms with van der Waals surface area (Å²) in [5.41, 5.74) is 1.26. The molecule has 2 N–H and O–H groups in total. The van der Waals surface area contributed by atoms with Gasteiger partial charge < -0.3 is 10.2 Å². The fraction of sp³-hybridized carbons (Fsp3) is 0.250. The Hall–Kier alpha value is -1.61. The van der Waals surface area contributed by atoms with Crippen molar-refractivity contribution in [3.05, 3.63) is 48.0 Å². The number of aromatic hydroxyl groups is 2. The lowest BCUT2D eigenvalue weighted by Gasteiger charge is -2.10. The molecule has 2 aromatic rings. The van der Waals surface area contributed by atoms with Gasteiger partial charge in [-0.2, -0.15) is 0 Å². The molecule has 2 nitrogen and oxygen atoms in total. The molecule has 0 unspecified atom stereocenters. The second-order valence-corrected chi connectivity index (χ2v) is 5.49. The molecule has 0 aliphatic carbocycles. The molecule has 2 rings (SSSR count). The summed E-state index contributed by atoms with van der Waals surface area (Å²) in [6.45, 7) is 2.17. The van der Waals surface area contributed by atoms with Crippen molar-refractivity contribution in [1.29, 1.82) is 0 Å². The fourth-order valence-corrected chi connectivity index (χ4v) is 2.92. The predicted octanol–water partition coefficient (Wildman–Crippen LogP) is 4.59. The number of phenols is 2. The molecule has 0 saturated carbocycles. The summed E-state index contributed by atoms with van der Waals surface area (Å²) in [6, 6.07) is 13.0. The van der Waals surface area contributed by atoms with Gasteiger partial charge in [0.05, 0.1) is 4.90 Å². The molecule has 0 atom stereocenters. The van der Waals surface area contributed by atoms with Crippen LogP contribution < -0.4 is 0 Å². The standard InChI is InChI=1S/C16H18O2S/c1-2-3-7-12-8-4-5-11-15(12)19-16-13(17)9-6-10-14(16)18/h4-6,8-11,17-18H,2-3,7H2,1H3. The Morgan fingerprint density at radius 1 is 0.947 bits per heavy atom. The van der Waals surface area contributed by atoms with Gasteiger partial charge in [-0.15, -0.1) is 0 Å². The number of hydrogen-bond acceptors (Lipinski definition) is 3. The van der Waals surface area contributed by atoms with Crippen molar-refractivity contribution in [3.8, 4) is 11.5 Å². The summed E-state index contributed by atoms with van der Waals surface area (Å²) in [5, 5.41) is 19.7. The Kier molecular flexibility index (Phi) is 4.74. The minimum atomic E-state index is 0.121. The number of rotatable bonds is 5. The largest absolute Gasteiger partial charge is 0.507 e. The summed E-state index contributed by atoms with van der Waals surface area (Å²) in [7, 11) is 0. The Morgan fingerprint density at radius 3 is 2.32 bits per heavy atom. The van der Waals surface area contributed by atoms with E-state index in [9.17, 15) is 10.2 Å². The molecule has 0 spiro atoms. The van der Waals surface area contributed by atoms with Crippen LogP contribution in [0.2, 0.25) is 0 Å². The Morgan fingerprint density at radius 2 is 1.63 bits per heavy atom. The van der Waals surface area contributed by atoms with Gasteiger partial charge in [0.15, 0.2) is 0 Å². The fourth-order valence-electron chi connectivity index (χ4n) is 1.90. The number of benzene rings is 2. The van der Waals surface area contributed by atoms with Crippen LogP contribution in [0.4, 0.5) is 0 Å². The van der Waals surface area contributed by atoms with Crippen LogP contribution in [0.15, 0.2) is 52.3 Å². The van der Waals surface area contributed by atoms with Gasteiger partial charge in [-0.05, 0) is 36.6 Å². The molecule has 2 aromatic carbocycles. The van der Waals surface area contributed by atoms with E-state index >= 15 is 0 Å². The lowest BCUT2D eigenvalue weighted by molar-refractivity contribution is 0.428. The summed E-state index contributed by atoms with van der Waals surface area (Å²) >= 11 is 1.42. The molecule has 3 heteroatoms. The summed E-state index contributed by atoms with van der Waals surface area (Å²) in [5.74, 6) is 0.241. The van der Waals surface area contributed by atoms with E-state index < -0.39 is 0 Å². The van der Waals surface area contributed by atoms with Crippen molar-refractivity contribution >= 4 is 11.8 Å². The topological polar surface area (TPSA) is 40.5 Å². The van der Waals surface area contributed by atoms with Crippen LogP contribution in [0.3, 0.4) is 0 Å². The third-order valence-electron chi connectivity index (χ3n) is 2.96. The van der Waals surface area contributed by atoms with Gasteiger partial charge in [0.25, 0.3) is 0 Å². The zero-order valence-electron chi connectivity index (χ0n) is 11.0. The first-order chi connectivity index (χ1) is 9.22. The number of hydrogen-bond donors (Lipinski definition) is 2. The molecular weight excluding hydrogens is 256 g/mol. The SMILES string of the molecule is CCCCc1ccccc1Sc1c(O)cccc1O. The third kappa shape index (κ3) is 3.44. The summed E-state index contributed by atoms with van der Waals surface area (Å²) in [6.07, 6.45) is 3.32. The van der Waals surface area contributed by atoms with E-state index in [0.29, 0.717) is 4.90 Å². The van der Waals surface area contributed by atoms with E-state index in [0.717, 1.165) is 24.2 Å². The van der Waals surface area contributed by atoms with Crippen molar-refractivity contribution < 1.29 is 10.2 Å². The Balaban J connectivity index is 2.28. The third-order valence-corrected chi connectivity index (χ3v) is 4.20. The molecule has 0 aromatic heterocycles. The number of aryl methyl sites for hydroxylation is 1. The average Bonchev–Trinajstić information content (AvgIpc) is 2.42. The monoisotopic (exact) mass is 274 g/mol. The summed E-state index contributed by atoms with van der Waals surface area (Å²) < 4.78 is 0. The maximum atomic E-state index is 9.84. The van der Waals surface area contributed by atoms with Crippen LogP contribution in [0.1, 0.15) is 25.3 Å². The van der Waals surface area contributed by atoms with Gasteiger partial charge in [-0.25, -0.2) is 0 Å². The molecule has 0 heterocycles. The molecular formula is C16H18O2S. The van der Waals surface area contributed by atoms with Gasteiger partial charge in [-0.1, -0.05) is 49.4 Å². The number of phenolic OH excluding ortho intramolecular Hbond substituents is 2. The minimum Gasteiger partial charge on any atom is -0.507 e. The zero-order chi connectivity index (χ0) is 13.7. The Bertz CT molecular complexity index is 532. The minimum absolute atomic E-state index is 0.121. The molecule has 19 heavy (non-hydrogen) atoms. The summed E-state index contributed by atoms with van der Waals surface area (Å²) in [4.78, 5) is 1.61. The molecule has 0 amide bonds. The quantitative estimate of drug-likeness (QED) is 0.837. The first-order valence-electron chi connectivity index (χ1n) is 6.49. The number of unbranched alkanes of at least 4 members (excludes halogenated alkanes) is 1. The highest BCUT2D eigenvalue weighted by atomic mass is 32.2. The molecule has 0 aliphatic rings. The van der Waals surface area contributed by atoms with Gasteiger partial charge in [0, 0.05) is 4.90 Å². The van der Waals surface area contributed by atoms with Gasteiger partial charge in [-0.3, -0.25) is 0 Å². The first-order valence-corrected chi connectivity index (χ1v) is 7.30. The van der Waals surface area contributed by atoms with E-state index in [1.54, 1.807) is 18.2 Å². The maximum Gasteiger partial charge on any atom is 0.133 e. The smallest absolute Gasteiger partial charge is 0.133 e. The van der Waals surface area contributed by atoms with Gasteiger partial charge in [0.1, 0.15) is 11.5 Å². The van der Waals surface area contributed by atoms with Gasteiger partial charge in [0.2, 0.25) is 0 Å². The van der Waals surface area contributed by atoms with Crippen LogP contribution >= 0.6 is 11.8 Å². The maximum absolute atomic E-state index is 9.84. The Labute approximate surface area is 118 Å². The van der Waals surface area contributed by atoms with Crippen LogP contribution in [0, 0.1) is 0 Å². The van der Waals surface area contributed by atoms with Crippen molar-refractivity contribution in [2.75, 3.05) is 0 Å². The van der Waals surface area contributed by atoms with E-state index in [1.807, 2.05) is 18.2 Å². The van der Waals surface area contributed by atoms with Gasteiger partial charge >= 0.3 is 0 Å². The van der Waals surface area contributed by atoms with Crippen LogP contribution in [0.5, 0.6) is 11.5 Å². The lowest BCUT2D eigenvalue weighted by atomic mass is 10.1. The second kappa shape index (κ2) is 6.53. The van der Waals surface area contributed by atoms with Crippen molar-refractivity contribution in [1.82, 2.24) is 0 Å². The molecule has 0 fully saturated rings. The van der Waals surface area contributed by atoms with Crippen molar-refractivity contribution in [2.45, 2.75) is 36.0 Å². The highest BCUT2D eigenvalue weighted by molar-refractivity contribution is 7.99. The van der Waals surface area contributed by atoms with Crippen molar-refractivity contribution in [2.24, 2.45) is 0 Å². The average molecular weight is 274 g/mol. The highest BCUT2D eigenvalue weighted by Crippen LogP contribution is 2.41. The molecule has 0 saturated heterocycles. The highest BCUT2D eigenvalue weighted by Gasteiger charge is 2.11. The van der Waals surface area contributed by atoms with E-state index in [2.05, 4.69) is 13.0 Å². The lowest BCUT2D eigenvalue weighted by Crippen LogP contribution is -1.88. The van der Waals surface area contributed by atoms with E-state index in [-0.39, 0.29) is 11.5 Å². The molecule has 0 aliphatic heterocycles. The van der Waals surface area contributed by atoms with Crippen molar-refractivity contribution in [3.63, 3.8) is 0 Å². The first kappa shape index (κ1) is 13.8. The molecule has 100 valence electrons. The van der Waals surface area contributed by atoms with E-state index in [1.165, 1.54) is 17.3 Å². The van der Waals surface area contributed by atoms with Crippen LogP contribution in [-0.2, 0) is 6.42 Å². The van der Waals surface area contributed by atoms with E-state index in [4.69, 9.17) is 0 Å².